The van der Waals surface area contributed by atoms with Gasteiger partial charge in [0.25, 0.3) is 0 Å². The first kappa shape index (κ1) is 21.7. The number of halogens is 1. The highest BCUT2D eigenvalue weighted by atomic mass is 35.5. The van der Waals surface area contributed by atoms with Crippen molar-refractivity contribution in [3.63, 3.8) is 0 Å². The molecule has 2 amide bonds. The lowest BCUT2D eigenvalue weighted by Crippen LogP contribution is -2.36. The van der Waals surface area contributed by atoms with Crippen molar-refractivity contribution < 1.29 is 14.3 Å². The van der Waals surface area contributed by atoms with Crippen molar-refractivity contribution in [3.05, 3.63) is 58.9 Å². The molecule has 1 aromatic heterocycles. The number of nitrogens with zero attached hydrogens (tertiary/aromatic N) is 2. The van der Waals surface area contributed by atoms with Crippen LogP contribution in [0.15, 0.2) is 42.6 Å². The Kier molecular flexibility index (Phi) is 7.40. The predicted molar refractivity (Wildman–Crippen MR) is 110 cm³/mol. The molecule has 1 aromatic carbocycles. The van der Waals surface area contributed by atoms with Crippen LogP contribution in [0.1, 0.15) is 38.8 Å². The van der Waals surface area contributed by atoms with Gasteiger partial charge in [0.1, 0.15) is 10.8 Å². The van der Waals surface area contributed by atoms with Crippen LogP contribution in [-0.4, -0.2) is 34.0 Å². The maximum absolute atomic E-state index is 12.4. The number of ether oxygens (including phenoxy) is 1. The topological polar surface area (TPSA) is 71.5 Å². The number of rotatable bonds is 6. The second-order valence-corrected chi connectivity index (χ2v) is 7.75. The molecule has 0 aliphatic carbocycles. The molecule has 0 radical (unpaired) electrons. The normalized spacial score (nSPS) is 11.0. The Morgan fingerprint density at radius 3 is 2.50 bits per heavy atom. The molecule has 1 N–H and O–H groups in total. The number of benzene rings is 1. The first-order valence-corrected chi connectivity index (χ1v) is 9.52. The number of pyridine rings is 1. The number of carbonyl (C=O) groups is 2. The van der Waals surface area contributed by atoms with Crippen LogP contribution in [0.3, 0.4) is 0 Å². The number of amides is 2. The lowest BCUT2D eigenvalue weighted by molar-refractivity contribution is -0.115. The molecule has 0 atom stereocenters. The van der Waals surface area contributed by atoms with Gasteiger partial charge in [-0.05, 0) is 51.0 Å². The lowest BCUT2D eigenvalue weighted by atomic mass is 10.1. The molecular weight excluding hydrogens is 378 g/mol. The van der Waals surface area contributed by atoms with E-state index in [1.807, 2.05) is 52.0 Å². The molecule has 0 unspecified atom stereocenters. The van der Waals surface area contributed by atoms with Gasteiger partial charge in [-0.15, -0.1) is 0 Å². The van der Waals surface area contributed by atoms with Crippen molar-refractivity contribution in [1.82, 2.24) is 9.88 Å². The third-order valence-electron chi connectivity index (χ3n) is 3.84. The molecule has 0 bridgehead atoms. The van der Waals surface area contributed by atoms with Crippen molar-refractivity contribution in [2.75, 3.05) is 11.9 Å². The third kappa shape index (κ3) is 6.85. The fourth-order valence-electron chi connectivity index (χ4n) is 2.51. The van der Waals surface area contributed by atoms with Crippen LogP contribution in [0.4, 0.5) is 10.5 Å². The fourth-order valence-corrected chi connectivity index (χ4v) is 2.62. The molecule has 2 rings (SSSR count). The fraction of sp³-hybridized carbons (Fsp3) is 0.381. The molecule has 6 nitrogen and oxygen atoms in total. The van der Waals surface area contributed by atoms with Gasteiger partial charge in [0.15, 0.2) is 0 Å². The summed E-state index contributed by atoms with van der Waals surface area (Å²) >= 11 is 5.77. The zero-order valence-corrected chi connectivity index (χ0v) is 17.4. The van der Waals surface area contributed by atoms with Gasteiger partial charge >= 0.3 is 6.09 Å². The zero-order chi connectivity index (χ0) is 20.7. The Morgan fingerprint density at radius 1 is 1.18 bits per heavy atom. The molecule has 0 saturated carbocycles. The Balaban J connectivity index is 2.07. The molecule has 150 valence electrons. The van der Waals surface area contributed by atoms with Gasteiger partial charge in [0.05, 0.1) is 13.0 Å². The maximum atomic E-state index is 12.4. The van der Waals surface area contributed by atoms with E-state index in [-0.39, 0.29) is 18.4 Å². The molecule has 1 heterocycles. The summed E-state index contributed by atoms with van der Waals surface area (Å²) in [4.78, 5) is 30.4. The highest BCUT2D eigenvalue weighted by molar-refractivity contribution is 6.29. The molecule has 7 heteroatoms. The van der Waals surface area contributed by atoms with Crippen LogP contribution in [0, 0.1) is 0 Å². The van der Waals surface area contributed by atoms with Crippen LogP contribution >= 0.6 is 11.6 Å². The van der Waals surface area contributed by atoms with E-state index in [2.05, 4.69) is 10.3 Å². The summed E-state index contributed by atoms with van der Waals surface area (Å²) < 4.78 is 5.45. The average Bonchev–Trinajstić information content (AvgIpc) is 2.61. The van der Waals surface area contributed by atoms with Gasteiger partial charge in [-0.25, -0.2) is 9.78 Å². The summed E-state index contributed by atoms with van der Waals surface area (Å²) in [5, 5.41) is 3.30. The lowest BCUT2D eigenvalue weighted by Gasteiger charge is -2.27. The van der Waals surface area contributed by atoms with E-state index in [0.29, 0.717) is 23.9 Å². The van der Waals surface area contributed by atoms with Crippen LogP contribution in [0.5, 0.6) is 0 Å². The van der Waals surface area contributed by atoms with Crippen LogP contribution in [-0.2, 0) is 22.5 Å². The van der Waals surface area contributed by atoms with Crippen molar-refractivity contribution in [2.45, 2.75) is 46.3 Å². The Morgan fingerprint density at radius 2 is 1.89 bits per heavy atom. The van der Waals surface area contributed by atoms with Crippen LogP contribution < -0.4 is 5.32 Å². The average molecular weight is 404 g/mol. The second kappa shape index (κ2) is 9.55. The molecule has 0 spiro atoms. The summed E-state index contributed by atoms with van der Waals surface area (Å²) in [5.74, 6) is -0.170. The second-order valence-electron chi connectivity index (χ2n) is 7.37. The quantitative estimate of drug-likeness (QED) is 0.711. The molecule has 0 fully saturated rings. The van der Waals surface area contributed by atoms with E-state index >= 15 is 0 Å². The monoisotopic (exact) mass is 403 g/mol. The largest absolute Gasteiger partial charge is 0.444 e. The zero-order valence-electron chi connectivity index (χ0n) is 16.7. The maximum Gasteiger partial charge on any atom is 0.410 e. The van der Waals surface area contributed by atoms with Crippen molar-refractivity contribution in [1.29, 1.82) is 0 Å². The van der Waals surface area contributed by atoms with Crippen molar-refractivity contribution in [2.24, 2.45) is 0 Å². The van der Waals surface area contributed by atoms with Crippen molar-refractivity contribution in [3.8, 4) is 0 Å². The van der Waals surface area contributed by atoms with Crippen molar-refractivity contribution >= 4 is 29.3 Å². The third-order valence-corrected chi connectivity index (χ3v) is 4.06. The van der Waals surface area contributed by atoms with E-state index in [4.69, 9.17) is 16.3 Å². The van der Waals surface area contributed by atoms with E-state index < -0.39 is 5.60 Å². The van der Waals surface area contributed by atoms with E-state index in [1.54, 1.807) is 23.2 Å². The van der Waals surface area contributed by atoms with Gasteiger partial charge in [0, 0.05) is 18.4 Å². The first-order valence-electron chi connectivity index (χ1n) is 9.14. The van der Waals surface area contributed by atoms with Gasteiger partial charge in [-0.2, -0.15) is 0 Å². The number of hydrogen-bond acceptors (Lipinski definition) is 4. The molecule has 28 heavy (non-hydrogen) atoms. The molecular formula is C21H26ClN3O3. The number of aromatic nitrogens is 1. The Bertz CT molecular complexity index is 816. The summed E-state index contributed by atoms with van der Waals surface area (Å²) in [6, 6.07) is 10.8. The van der Waals surface area contributed by atoms with Gasteiger partial charge in [0.2, 0.25) is 5.91 Å². The molecule has 2 aromatic rings. The number of para-hydroxylation sites is 1. The summed E-state index contributed by atoms with van der Waals surface area (Å²) in [7, 11) is 0. The summed E-state index contributed by atoms with van der Waals surface area (Å²) in [6.45, 7) is 8.21. The number of anilines is 1. The highest BCUT2D eigenvalue weighted by Crippen LogP contribution is 2.19. The minimum absolute atomic E-state index is 0.170. The molecule has 0 aliphatic heterocycles. The van der Waals surface area contributed by atoms with E-state index in [9.17, 15) is 9.59 Å². The van der Waals surface area contributed by atoms with Crippen LogP contribution in [0.2, 0.25) is 5.15 Å². The Labute approximate surface area is 170 Å². The highest BCUT2D eigenvalue weighted by Gasteiger charge is 2.22. The van der Waals surface area contributed by atoms with Gasteiger partial charge in [-0.1, -0.05) is 35.9 Å². The van der Waals surface area contributed by atoms with Crippen LogP contribution in [0.25, 0.3) is 0 Å². The Hall–Kier alpha value is -2.60. The molecule has 0 saturated heterocycles. The summed E-state index contributed by atoms with van der Waals surface area (Å²) in [6.07, 6.45) is 1.38. The molecule has 0 aliphatic rings. The smallest absolute Gasteiger partial charge is 0.410 e. The van der Waals surface area contributed by atoms with E-state index in [0.717, 1.165) is 11.1 Å². The predicted octanol–water partition coefficient (Wildman–Crippen LogP) is 4.67. The van der Waals surface area contributed by atoms with Gasteiger partial charge in [-0.3, -0.25) is 4.79 Å². The first-order chi connectivity index (χ1) is 13.2. The standard InChI is InChI=1S/C21H26ClN3O3/c1-5-25(20(27)28-21(2,3)4)14-16-8-6-7-9-17(16)24-19(26)12-15-10-11-18(22)23-13-15/h6-11,13H,5,12,14H2,1-4H3,(H,24,26). The number of hydrogen-bond donors (Lipinski definition) is 1. The summed E-state index contributed by atoms with van der Waals surface area (Å²) in [5.41, 5.74) is 1.70. The number of carbonyl (C=O) groups excluding carboxylic acids is 2. The SMILES string of the molecule is CCN(Cc1ccccc1NC(=O)Cc1ccc(Cl)nc1)C(=O)OC(C)(C)C. The minimum Gasteiger partial charge on any atom is -0.444 e. The van der Waals surface area contributed by atoms with E-state index in [1.165, 1.54) is 0 Å². The van der Waals surface area contributed by atoms with Gasteiger partial charge < -0.3 is 15.0 Å². The minimum atomic E-state index is -0.565. The number of nitrogens with one attached hydrogen (secondary N) is 1.